The van der Waals surface area contributed by atoms with Gasteiger partial charge >= 0.3 is 0 Å². The number of para-hydroxylation sites is 1. The lowest BCUT2D eigenvalue weighted by atomic mass is 10.1. The maximum absolute atomic E-state index is 12.5. The number of anilines is 2. The quantitative estimate of drug-likeness (QED) is 0.578. The zero-order valence-corrected chi connectivity index (χ0v) is 16.3. The van der Waals surface area contributed by atoms with Crippen LogP contribution in [0.25, 0.3) is 0 Å². The Bertz CT molecular complexity index is 1040. The summed E-state index contributed by atoms with van der Waals surface area (Å²) >= 11 is 11.9. The van der Waals surface area contributed by atoms with Gasteiger partial charge in [-0.25, -0.2) is 0 Å². The van der Waals surface area contributed by atoms with Crippen LogP contribution in [-0.2, 0) is 0 Å². The van der Waals surface area contributed by atoms with Gasteiger partial charge in [-0.2, -0.15) is 0 Å². The molecule has 3 rings (SSSR count). The fraction of sp³-hybridized carbons (Fsp3) is 0.0476. The monoisotopic (exact) mass is 414 g/mol. The maximum atomic E-state index is 12.5. The number of hydrogen-bond acceptors (Lipinski definition) is 3. The zero-order valence-electron chi connectivity index (χ0n) is 14.8. The summed E-state index contributed by atoms with van der Waals surface area (Å²) in [6.07, 6.45) is 0. The molecule has 0 radical (unpaired) electrons. The van der Waals surface area contributed by atoms with Crippen molar-refractivity contribution in [2.45, 2.75) is 0 Å². The molecule has 142 valence electrons. The lowest BCUT2D eigenvalue weighted by molar-refractivity contribution is 0.101. The van der Waals surface area contributed by atoms with E-state index in [0.29, 0.717) is 33.3 Å². The average molecular weight is 415 g/mol. The number of ether oxygens (including phenoxy) is 1. The second-order valence-corrected chi connectivity index (χ2v) is 6.66. The number of rotatable bonds is 5. The molecule has 0 aliphatic carbocycles. The average Bonchev–Trinajstić information content (AvgIpc) is 2.68. The Morgan fingerprint density at radius 2 is 1.43 bits per heavy atom. The first kappa shape index (κ1) is 19.7. The summed E-state index contributed by atoms with van der Waals surface area (Å²) in [5, 5.41) is 6.25. The third-order valence-electron chi connectivity index (χ3n) is 3.91. The molecule has 7 heteroatoms. The first-order valence-electron chi connectivity index (χ1n) is 8.29. The van der Waals surface area contributed by atoms with Crippen molar-refractivity contribution in [2.24, 2.45) is 0 Å². The third kappa shape index (κ3) is 4.63. The van der Waals surface area contributed by atoms with Crippen LogP contribution in [0, 0.1) is 0 Å². The van der Waals surface area contributed by atoms with E-state index in [4.69, 9.17) is 27.9 Å². The number of carbonyl (C=O) groups excluding carboxylic acids is 2. The van der Waals surface area contributed by atoms with E-state index in [1.54, 1.807) is 60.7 Å². The van der Waals surface area contributed by atoms with Gasteiger partial charge < -0.3 is 15.4 Å². The largest absolute Gasteiger partial charge is 0.496 e. The summed E-state index contributed by atoms with van der Waals surface area (Å²) in [6.45, 7) is 0. The molecule has 0 unspecified atom stereocenters. The highest BCUT2D eigenvalue weighted by Gasteiger charge is 2.13. The normalized spacial score (nSPS) is 10.2. The van der Waals surface area contributed by atoms with Crippen molar-refractivity contribution in [3.8, 4) is 5.75 Å². The molecule has 28 heavy (non-hydrogen) atoms. The van der Waals surface area contributed by atoms with Crippen LogP contribution in [0.2, 0.25) is 10.0 Å². The molecule has 0 heterocycles. The lowest BCUT2D eigenvalue weighted by Gasteiger charge is -2.11. The topological polar surface area (TPSA) is 67.4 Å². The molecule has 5 nitrogen and oxygen atoms in total. The van der Waals surface area contributed by atoms with Crippen molar-refractivity contribution < 1.29 is 14.3 Å². The fourth-order valence-electron chi connectivity index (χ4n) is 2.58. The molecule has 2 N–H and O–H groups in total. The number of carbonyl (C=O) groups is 2. The van der Waals surface area contributed by atoms with Gasteiger partial charge in [0.2, 0.25) is 0 Å². The highest BCUT2D eigenvalue weighted by atomic mass is 35.5. The van der Waals surface area contributed by atoms with Crippen molar-refractivity contribution >= 4 is 46.4 Å². The summed E-state index contributed by atoms with van der Waals surface area (Å²) in [7, 11) is 1.50. The zero-order chi connectivity index (χ0) is 20.1. The van der Waals surface area contributed by atoms with E-state index in [-0.39, 0.29) is 16.8 Å². The number of benzene rings is 3. The van der Waals surface area contributed by atoms with Crippen LogP contribution in [0.4, 0.5) is 11.4 Å². The number of hydrogen-bond donors (Lipinski definition) is 2. The van der Waals surface area contributed by atoms with Crippen molar-refractivity contribution in [3.05, 3.63) is 87.9 Å². The highest BCUT2D eigenvalue weighted by Crippen LogP contribution is 2.24. The van der Waals surface area contributed by atoms with E-state index < -0.39 is 0 Å². The van der Waals surface area contributed by atoms with Gasteiger partial charge in [-0.1, -0.05) is 41.4 Å². The van der Waals surface area contributed by atoms with Crippen molar-refractivity contribution in [3.63, 3.8) is 0 Å². The van der Waals surface area contributed by atoms with Crippen LogP contribution in [0.5, 0.6) is 5.75 Å². The highest BCUT2D eigenvalue weighted by molar-refractivity contribution is 6.37. The Balaban J connectivity index is 1.75. The van der Waals surface area contributed by atoms with Gasteiger partial charge in [-0.3, -0.25) is 9.59 Å². The molecular weight excluding hydrogens is 399 g/mol. The lowest BCUT2D eigenvalue weighted by Crippen LogP contribution is -2.15. The molecule has 0 atom stereocenters. The predicted octanol–water partition coefficient (Wildman–Crippen LogP) is 5.51. The van der Waals surface area contributed by atoms with Crippen LogP contribution in [-0.4, -0.2) is 18.9 Å². The molecule has 0 aliphatic rings. The van der Waals surface area contributed by atoms with Crippen LogP contribution in [0.3, 0.4) is 0 Å². The summed E-state index contributed by atoms with van der Waals surface area (Å²) in [5.74, 6) is -0.224. The molecule has 3 aromatic carbocycles. The summed E-state index contributed by atoms with van der Waals surface area (Å²) in [6, 6.07) is 18.4. The Kier molecular flexibility index (Phi) is 6.19. The minimum atomic E-state index is -0.380. The molecule has 0 aliphatic heterocycles. The van der Waals surface area contributed by atoms with E-state index in [0.717, 1.165) is 0 Å². The van der Waals surface area contributed by atoms with E-state index in [1.165, 1.54) is 13.2 Å². The fourth-order valence-corrected chi connectivity index (χ4v) is 3.07. The van der Waals surface area contributed by atoms with E-state index in [2.05, 4.69) is 10.6 Å². The van der Waals surface area contributed by atoms with Crippen LogP contribution < -0.4 is 15.4 Å². The molecular formula is C21H16Cl2N2O3. The Labute approximate surface area is 172 Å². The second kappa shape index (κ2) is 8.78. The van der Waals surface area contributed by atoms with Gasteiger partial charge in [0.05, 0.1) is 23.3 Å². The van der Waals surface area contributed by atoms with Crippen LogP contribution in [0.1, 0.15) is 20.7 Å². The molecule has 0 bridgehead atoms. The van der Waals surface area contributed by atoms with Gasteiger partial charge in [0.25, 0.3) is 11.8 Å². The SMILES string of the molecule is COc1ccccc1C(=O)Nc1cccc(NC(=O)c2ccc(Cl)cc2Cl)c1. The van der Waals surface area contributed by atoms with Crippen molar-refractivity contribution in [2.75, 3.05) is 17.7 Å². The van der Waals surface area contributed by atoms with Gasteiger partial charge in [-0.15, -0.1) is 0 Å². The number of amides is 2. The van der Waals surface area contributed by atoms with Crippen molar-refractivity contribution in [1.29, 1.82) is 0 Å². The number of nitrogens with one attached hydrogen (secondary N) is 2. The van der Waals surface area contributed by atoms with Gasteiger partial charge in [0.15, 0.2) is 0 Å². The van der Waals surface area contributed by atoms with Crippen molar-refractivity contribution in [1.82, 2.24) is 0 Å². The summed E-state index contributed by atoms with van der Waals surface area (Å²) < 4.78 is 5.21. The minimum Gasteiger partial charge on any atom is -0.496 e. The first-order chi connectivity index (χ1) is 13.5. The standard InChI is InChI=1S/C21H16Cl2N2O3/c1-28-19-8-3-2-7-17(19)21(27)25-15-6-4-5-14(12-15)24-20(26)16-10-9-13(22)11-18(16)23/h2-12H,1H3,(H,24,26)(H,25,27). The Morgan fingerprint density at radius 1 is 0.786 bits per heavy atom. The first-order valence-corrected chi connectivity index (χ1v) is 9.04. The van der Waals surface area contributed by atoms with E-state index in [9.17, 15) is 9.59 Å². The molecule has 3 aromatic rings. The summed E-state index contributed by atoms with van der Waals surface area (Å²) in [4.78, 5) is 25.0. The molecule has 2 amide bonds. The predicted molar refractivity (Wildman–Crippen MR) is 112 cm³/mol. The second-order valence-electron chi connectivity index (χ2n) is 5.81. The smallest absolute Gasteiger partial charge is 0.259 e. The molecule has 0 aromatic heterocycles. The van der Waals surface area contributed by atoms with E-state index in [1.807, 2.05) is 0 Å². The summed E-state index contributed by atoms with van der Waals surface area (Å²) in [5.41, 5.74) is 1.74. The third-order valence-corrected chi connectivity index (χ3v) is 4.45. The maximum Gasteiger partial charge on any atom is 0.259 e. The van der Waals surface area contributed by atoms with Gasteiger partial charge in [0.1, 0.15) is 5.75 Å². The Morgan fingerprint density at radius 3 is 2.07 bits per heavy atom. The number of halogens is 2. The van der Waals surface area contributed by atoms with Crippen LogP contribution >= 0.6 is 23.2 Å². The molecule has 0 spiro atoms. The molecule has 0 fully saturated rings. The minimum absolute atomic E-state index is 0.255. The molecule has 0 saturated heterocycles. The van der Waals surface area contributed by atoms with E-state index >= 15 is 0 Å². The van der Waals surface area contributed by atoms with Crippen LogP contribution in [0.15, 0.2) is 66.7 Å². The number of methoxy groups -OCH3 is 1. The molecule has 0 saturated carbocycles. The van der Waals surface area contributed by atoms with Gasteiger partial charge in [0, 0.05) is 16.4 Å². The Hall–Kier alpha value is -3.02. The van der Waals surface area contributed by atoms with Gasteiger partial charge in [-0.05, 0) is 48.5 Å².